The van der Waals surface area contributed by atoms with Crippen LogP contribution in [0.2, 0.25) is 5.02 Å². The van der Waals surface area contributed by atoms with Crippen LogP contribution in [0.4, 0.5) is 5.95 Å². The van der Waals surface area contributed by atoms with Gasteiger partial charge in [-0.3, -0.25) is 0 Å². The van der Waals surface area contributed by atoms with Crippen molar-refractivity contribution in [2.75, 3.05) is 39.1 Å². The fourth-order valence-corrected chi connectivity index (χ4v) is 4.62. The van der Waals surface area contributed by atoms with E-state index in [9.17, 15) is 0 Å². The SMILES string of the molecule is Cc1c(C2CCN(C)CC2)ccc2c(-c3nc(N)ncc3Cl)cnn12.OC1CCCOC1. The van der Waals surface area contributed by atoms with Gasteiger partial charge >= 0.3 is 0 Å². The molecule has 2 saturated heterocycles. The molecule has 172 valence electrons. The fourth-order valence-electron chi connectivity index (χ4n) is 4.42. The molecule has 3 N–H and O–H groups in total. The number of aliphatic hydroxyl groups excluding tert-OH is 1. The normalized spacial score (nSPS) is 20.2. The van der Waals surface area contributed by atoms with Gasteiger partial charge in [0.15, 0.2) is 0 Å². The molecule has 0 spiro atoms. The molecule has 0 bridgehead atoms. The first-order valence-electron chi connectivity index (χ1n) is 11.1. The minimum absolute atomic E-state index is 0.186. The van der Waals surface area contributed by atoms with Crippen molar-refractivity contribution in [2.45, 2.75) is 44.6 Å². The Kier molecular flexibility index (Phi) is 7.25. The van der Waals surface area contributed by atoms with E-state index in [1.54, 1.807) is 6.20 Å². The summed E-state index contributed by atoms with van der Waals surface area (Å²) in [5, 5.41) is 13.8. The number of aliphatic hydroxyl groups is 1. The maximum absolute atomic E-state index is 8.78. The Morgan fingerprint density at radius 3 is 2.62 bits per heavy atom. The van der Waals surface area contributed by atoms with Crippen LogP contribution in [-0.2, 0) is 4.74 Å². The number of hydrogen-bond acceptors (Lipinski definition) is 7. The molecule has 0 aliphatic carbocycles. The van der Waals surface area contributed by atoms with Crippen molar-refractivity contribution in [2.24, 2.45) is 0 Å². The molecule has 1 unspecified atom stereocenters. The number of piperidine rings is 1. The molecule has 5 rings (SSSR count). The molecule has 1 atom stereocenters. The molecule has 0 aromatic carbocycles. The van der Waals surface area contributed by atoms with Crippen LogP contribution in [0.5, 0.6) is 0 Å². The van der Waals surface area contributed by atoms with Crippen LogP contribution in [0.15, 0.2) is 24.5 Å². The zero-order valence-electron chi connectivity index (χ0n) is 18.7. The van der Waals surface area contributed by atoms with Crippen molar-refractivity contribution in [1.82, 2.24) is 24.5 Å². The van der Waals surface area contributed by atoms with Gasteiger partial charge in [0.25, 0.3) is 0 Å². The first-order chi connectivity index (χ1) is 15.4. The average Bonchev–Trinajstić information content (AvgIpc) is 3.22. The third kappa shape index (κ3) is 5.04. The quantitative estimate of drug-likeness (QED) is 0.607. The van der Waals surface area contributed by atoms with Crippen molar-refractivity contribution in [3.63, 3.8) is 0 Å². The Balaban J connectivity index is 0.000000300. The van der Waals surface area contributed by atoms with Gasteiger partial charge in [0.05, 0.1) is 41.3 Å². The first kappa shape index (κ1) is 22.9. The molecular formula is C23H31ClN6O2. The van der Waals surface area contributed by atoms with E-state index in [1.165, 1.54) is 30.3 Å². The number of rotatable bonds is 2. The monoisotopic (exact) mass is 458 g/mol. The zero-order chi connectivity index (χ0) is 22.7. The highest BCUT2D eigenvalue weighted by Gasteiger charge is 2.22. The Bertz CT molecular complexity index is 1060. The van der Waals surface area contributed by atoms with Gasteiger partial charge in [-0.05, 0) is 70.3 Å². The summed E-state index contributed by atoms with van der Waals surface area (Å²) >= 11 is 6.27. The first-order valence-corrected chi connectivity index (χ1v) is 11.5. The summed E-state index contributed by atoms with van der Waals surface area (Å²) in [6, 6.07) is 4.34. The Hall–Kier alpha value is -2.26. The molecule has 3 aromatic heterocycles. The van der Waals surface area contributed by atoms with Crippen molar-refractivity contribution in [3.8, 4) is 11.3 Å². The van der Waals surface area contributed by atoms with Crippen molar-refractivity contribution < 1.29 is 9.84 Å². The molecule has 8 nitrogen and oxygen atoms in total. The van der Waals surface area contributed by atoms with Crippen LogP contribution in [0.25, 0.3) is 16.8 Å². The van der Waals surface area contributed by atoms with Crippen LogP contribution in [0.1, 0.15) is 42.9 Å². The summed E-state index contributed by atoms with van der Waals surface area (Å²) in [6.45, 7) is 5.79. The number of ether oxygens (including phenoxy) is 1. The van der Waals surface area contributed by atoms with Crippen LogP contribution < -0.4 is 5.73 Å². The summed E-state index contributed by atoms with van der Waals surface area (Å²) in [6.07, 6.45) is 7.45. The summed E-state index contributed by atoms with van der Waals surface area (Å²) in [7, 11) is 2.18. The number of nitrogen functional groups attached to an aromatic ring is 1. The number of hydrogen-bond donors (Lipinski definition) is 2. The van der Waals surface area contributed by atoms with Gasteiger partial charge in [-0.1, -0.05) is 17.7 Å². The van der Waals surface area contributed by atoms with Gasteiger partial charge in [-0.25, -0.2) is 14.5 Å². The third-order valence-corrected chi connectivity index (χ3v) is 6.55. The van der Waals surface area contributed by atoms with Gasteiger partial charge in [0, 0.05) is 17.9 Å². The van der Waals surface area contributed by atoms with Crippen LogP contribution in [-0.4, -0.2) is 69.0 Å². The predicted molar refractivity (Wildman–Crippen MR) is 126 cm³/mol. The molecular weight excluding hydrogens is 428 g/mol. The largest absolute Gasteiger partial charge is 0.391 e. The van der Waals surface area contributed by atoms with Crippen molar-refractivity contribution in [1.29, 1.82) is 0 Å². The number of aryl methyl sites for hydroxylation is 1. The molecule has 0 radical (unpaired) electrons. The molecule has 5 heterocycles. The number of nitrogens with zero attached hydrogens (tertiary/aromatic N) is 5. The zero-order valence-corrected chi connectivity index (χ0v) is 19.4. The lowest BCUT2D eigenvalue weighted by Crippen LogP contribution is -2.29. The number of halogens is 1. The Morgan fingerprint density at radius 1 is 1.19 bits per heavy atom. The van der Waals surface area contributed by atoms with E-state index < -0.39 is 0 Å². The number of nitrogens with two attached hydrogens (primary N) is 1. The molecule has 2 aliphatic rings. The summed E-state index contributed by atoms with van der Waals surface area (Å²) in [5.74, 6) is 0.796. The molecule has 32 heavy (non-hydrogen) atoms. The molecule has 0 saturated carbocycles. The summed E-state index contributed by atoms with van der Waals surface area (Å²) in [5.41, 5.74) is 10.8. The molecule has 9 heteroatoms. The van der Waals surface area contributed by atoms with E-state index in [2.05, 4.69) is 46.1 Å². The minimum atomic E-state index is -0.186. The fraction of sp³-hybridized carbons (Fsp3) is 0.522. The Labute approximate surface area is 193 Å². The second-order valence-corrected chi connectivity index (χ2v) is 9.01. The maximum atomic E-state index is 8.78. The van der Waals surface area contributed by atoms with E-state index in [-0.39, 0.29) is 12.1 Å². The standard InChI is InChI=1S/C18H21ClN6.C5H10O2/c1-11-13(12-5-7-24(2)8-6-12)3-4-16-14(9-22-25(11)16)17-15(19)10-21-18(20)23-17;6-5-2-1-3-7-4-5/h3-4,9-10,12H,5-8H2,1-2H3,(H2,20,21,23);5-6H,1-4H2. The third-order valence-electron chi connectivity index (χ3n) is 6.28. The van der Waals surface area contributed by atoms with Gasteiger partial charge in [0.1, 0.15) is 0 Å². The lowest BCUT2D eigenvalue weighted by Gasteiger charge is -2.30. The number of fused-ring (bicyclic) bond motifs is 1. The highest BCUT2D eigenvalue weighted by Crippen LogP contribution is 2.34. The highest BCUT2D eigenvalue weighted by molar-refractivity contribution is 6.33. The number of anilines is 1. The number of likely N-dealkylation sites (tertiary alicyclic amines) is 1. The second kappa shape index (κ2) is 10.1. The molecule has 3 aromatic rings. The van der Waals surface area contributed by atoms with Crippen LogP contribution >= 0.6 is 11.6 Å². The smallest absolute Gasteiger partial charge is 0.220 e. The van der Waals surface area contributed by atoms with E-state index in [0.29, 0.717) is 23.2 Å². The topological polar surface area (TPSA) is 102 Å². The van der Waals surface area contributed by atoms with Gasteiger partial charge in [-0.15, -0.1) is 0 Å². The van der Waals surface area contributed by atoms with Crippen LogP contribution in [0.3, 0.4) is 0 Å². The van der Waals surface area contributed by atoms with Crippen molar-refractivity contribution >= 4 is 23.1 Å². The lowest BCUT2D eigenvalue weighted by atomic mass is 9.88. The predicted octanol–water partition coefficient (Wildman–Crippen LogP) is 3.30. The van der Waals surface area contributed by atoms with Gasteiger partial charge in [-0.2, -0.15) is 5.10 Å². The average molecular weight is 459 g/mol. The van der Waals surface area contributed by atoms with Crippen LogP contribution in [0, 0.1) is 6.92 Å². The molecule has 2 fully saturated rings. The van der Waals surface area contributed by atoms with Gasteiger partial charge in [0.2, 0.25) is 5.95 Å². The van der Waals surface area contributed by atoms with E-state index in [0.717, 1.165) is 43.6 Å². The van der Waals surface area contributed by atoms with E-state index in [4.69, 9.17) is 27.2 Å². The maximum Gasteiger partial charge on any atom is 0.220 e. The van der Waals surface area contributed by atoms with E-state index >= 15 is 0 Å². The van der Waals surface area contributed by atoms with Crippen molar-refractivity contribution in [3.05, 3.63) is 40.8 Å². The Morgan fingerprint density at radius 2 is 1.97 bits per heavy atom. The number of aromatic nitrogens is 4. The minimum Gasteiger partial charge on any atom is -0.391 e. The summed E-state index contributed by atoms with van der Waals surface area (Å²) < 4.78 is 6.92. The lowest BCUT2D eigenvalue weighted by molar-refractivity contribution is -0.00535. The second-order valence-electron chi connectivity index (χ2n) is 8.60. The molecule has 0 amide bonds. The van der Waals surface area contributed by atoms with Gasteiger partial charge < -0.3 is 20.5 Å². The summed E-state index contributed by atoms with van der Waals surface area (Å²) in [4.78, 5) is 10.6. The number of pyridine rings is 1. The highest BCUT2D eigenvalue weighted by atomic mass is 35.5. The van der Waals surface area contributed by atoms with E-state index in [1.807, 2.05) is 4.52 Å². The molecule has 2 aliphatic heterocycles.